The number of rotatable bonds is 2. The molecule has 0 spiro atoms. The summed E-state index contributed by atoms with van der Waals surface area (Å²) in [5.74, 6) is -0.286. The van der Waals surface area contributed by atoms with Gasteiger partial charge in [0.25, 0.3) is 5.91 Å². The third kappa shape index (κ3) is 2.66. The van der Waals surface area contributed by atoms with Crippen LogP contribution in [0, 0.1) is 11.3 Å². The van der Waals surface area contributed by atoms with Crippen LogP contribution in [0.3, 0.4) is 0 Å². The molecular formula is C18H16N2O. The number of nitrogens with one attached hydrogen (secondary N) is 1. The lowest BCUT2D eigenvalue weighted by Crippen LogP contribution is -2.15. The summed E-state index contributed by atoms with van der Waals surface area (Å²) < 4.78 is 0. The second kappa shape index (κ2) is 5.80. The van der Waals surface area contributed by atoms with Gasteiger partial charge >= 0.3 is 0 Å². The van der Waals surface area contributed by atoms with Crippen molar-refractivity contribution in [3.05, 3.63) is 53.6 Å². The fourth-order valence-electron chi connectivity index (χ4n) is 2.86. The summed E-state index contributed by atoms with van der Waals surface area (Å²) in [5.41, 5.74) is 2.04. The number of fused-ring (bicyclic) bond motifs is 1. The highest BCUT2D eigenvalue weighted by atomic mass is 16.1. The average Bonchev–Trinajstić information content (AvgIpc) is 3.02. The van der Waals surface area contributed by atoms with E-state index in [1.54, 1.807) is 0 Å². The Balaban J connectivity index is 1.93. The maximum atomic E-state index is 12.4. The normalized spacial score (nSPS) is 14.0. The summed E-state index contributed by atoms with van der Waals surface area (Å²) in [4.78, 5) is 12.4. The molecule has 3 nitrogen and oxygen atoms in total. The summed E-state index contributed by atoms with van der Waals surface area (Å²) in [7, 11) is 0. The van der Waals surface area contributed by atoms with Crippen molar-refractivity contribution in [2.75, 3.05) is 5.32 Å². The molecule has 104 valence electrons. The van der Waals surface area contributed by atoms with Gasteiger partial charge in [0.2, 0.25) is 0 Å². The summed E-state index contributed by atoms with van der Waals surface area (Å²) >= 11 is 0. The number of amides is 1. The van der Waals surface area contributed by atoms with Crippen LogP contribution in [-0.2, 0) is 4.79 Å². The molecule has 0 unspecified atom stereocenters. The standard InChI is InChI=1S/C18H16N2O/c19-12-16(14-7-1-2-8-14)18(21)20-17-11-5-9-13-6-3-4-10-15(13)17/h3-6,9-11H,1-2,7-8H2,(H,20,21). The van der Waals surface area contributed by atoms with Crippen LogP contribution in [-0.4, -0.2) is 5.91 Å². The SMILES string of the molecule is N#CC(C(=O)Nc1cccc2ccccc12)=C1CCCC1. The van der Waals surface area contributed by atoms with Crippen LogP contribution in [0.25, 0.3) is 10.8 Å². The molecule has 2 aromatic rings. The lowest BCUT2D eigenvalue weighted by molar-refractivity contribution is -0.112. The van der Waals surface area contributed by atoms with Crippen molar-refractivity contribution in [3.63, 3.8) is 0 Å². The number of hydrogen-bond acceptors (Lipinski definition) is 2. The van der Waals surface area contributed by atoms with Crippen molar-refractivity contribution in [2.24, 2.45) is 0 Å². The van der Waals surface area contributed by atoms with E-state index < -0.39 is 0 Å². The fourth-order valence-corrected chi connectivity index (χ4v) is 2.86. The molecule has 1 aliphatic rings. The molecule has 3 heteroatoms. The monoisotopic (exact) mass is 276 g/mol. The number of anilines is 1. The van der Waals surface area contributed by atoms with Gasteiger partial charge in [0.15, 0.2) is 0 Å². The number of allylic oxidation sites excluding steroid dienone is 1. The van der Waals surface area contributed by atoms with Crippen LogP contribution in [0.2, 0.25) is 0 Å². The van der Waals surface area contributed by atoms with Gasteiger partial charge in [-0.2, -0.15) is 5.26 Å². The van der Waals surface area contributed by atoms with Crippen LogP contribution >= 0.6 is 0 Å². The van der Waals surface area contributed by atoms with Crippen molar-refractivity contribution in [1.82, 2.24) is 0 Å². The van der Waals surface area contributed by atoms with Crippen LogP contribution in [0.5, 0.6) is 0 Å². The van der Waals surface area contributed by atoms with Crippen LogP contribution in [0.1, 0.15) is 25.7 Å². The highest BCUT2D eigenvalue weighted by Crippen LogP contribution is 2.28. The van der Waals surface area contributed by atoms with Gasteiger partial charge in [0, 0.05) is 11.1 Å². The first kappa shape index (κ1) is 13.4. The second-order valence-corrected chi connectivity index (χ2v) is 5.28. The van der Waals surface area contributed by atoms with E-state index in [1.807, 2.05) is 42.5 Å². The van der Waals surface area contributed by atoms with E-state index in [1.165, 1.54) is 0 Å². The molecule has 1 fully saturated rings. The van der Waals surface area contributed by atoms with Crippen LogP contribution < -0.4 is 5.32 Å². The molecule has 0 heterocycles. The molecule has 0 atom stereocenters. The molecule has 0 aromatic heterocycles. The maximum Gasteiger partial charge on any atom is 0.266 e. The molecule has 0 radical (unpaired) electrons. The molecule has 0 aliphatic heterocycles. The van der Waals surface area contributed by atoms with Crippen molar-refractivity contribution in [3.8, 4) is 6.07 Å². The minimum absolute atomic E-state index is 0.286. The minimum Gasteiger partial charge on any atom is -0.321 e. The quantitative estimate of drug-likeness (QED) is 0.661. The lowest BCUT2D eigenvalue weighted by atomic mass is 10.1. The molecule has 0 bridgehead atoms. The Morgan fingerprint density at radius 2 is 1.76 bits per heavy atom. The van der Waals surface area contributed by atoms with Crippen LogP contribution in [0.15, 0.2) is 53.6 Å². The number of hydrogen-bond donors (Lipinski definition) is 1. The van der Waals surface area contributed by atoms with Crippen LogP contribution in [0.4, 0.5) is 5.69 Å². The Labute approximate surface area is 123 Å². The Kier molecular flexibility index (Phi) is 3.70. The summed E-state index contributed by atoms with van der Waals surface area (Å²) in [6, 6.07) is 15.8. The largest absolute Gasteiger partial charge is 0.321 e. The molecule has 0 saturated heterocycles. The smallest absolute Gasteiger partial charge is 0.266 e. The third-order valence-electron chi connectivity index (χ3n) is 3.94. The van der Waals surface area contributed by atoms with Gasteiger partial charge in [-0.1, -0.05) is 36.4 Å². The number of benzene rings is 2. The van der Waals surface area contributed by atoms with Crippen molar-refractivity contribution in [1.29, 1.82) is 5.26 Å². The Hall–Kier alpha value is -2.60. The number of carbonyl (C=O) groups excluding carboxylic acids is 1. The topological polar surface area (TPSA) is 52.9 Å². The molecule has 3 rings (SSSR count). The molecular weight excluding hydrogens is 260 g/mol. The van der Waals surface area contributed by atoms with Gasteiger partial charge in [-0.3, -0.25) is 4.79 Å². The number of carbonyl (C=O) groups is 1. The average molecular weight is 276 g/mol. The Morgan fingerprint density at radius 1 is 1.05 bits per heavy atom. The van der Waals surface area contributed by atoms with E-state index >= 15 is 0 Å². The second-order valence-electron chi connectivity index (χ2n) is 5.28. The van der Waals surface area contributed by atoms with Gasteiger partial charge < -0.3 is 5.32 Å². The predicted octanol–water partition coefficient (Wildman–Crippen LogP) is 4.17. The zero-order valence-electron chi connectivity index (χ0n) is 11.7. The minimum atomic E-state index is -0.286. The van der Waals surface area contributed by atoms with E-state index in [-0.39, 0.29) is 5.91 Å². The zero-order valence-corrected chi connectivity index (χ0v) is 11.7. The number of nitrogens with zero attached hydrogens (tertiary/aromatic N) is 1. The van der Waals surface area contributed by atoms with E-state index in [0.717, 1.165) is 47.7 Å². The van der Waals surface area contributed by atoms with Crippen molar-refractivity contribution >= 4 is 22.4 Å². The van der Waals surface area contributed by atoms with Crippen molar-refractivity contribution < 1.29 is 4.79 Å². The Bertz CT molecular complexity index is 755. The third-order valence-corrected chi connectivity index (χ3v) is 3.94. The highest BCUT2D eigenvalue weighted by molar-refractivity contribution is 6.11. The van der Waals surface area contributed by atoms with Gasteiger partial charge in [-0.15, -0.1) is 0 Å². The van der Waals surface area contributed by atoms with Gasteiger partial charge in [-0.05, 0) is 42.7 Å². The molecule has 21 heavy (non-hydrogen) atoms. The van der Waals surface area contributed by atoms with E-state index in [9.17, 15) is 10.1 Å². The first-order valence-electron chi connectivity index (χ1n) is 7.21. The van der Waals surface area contributed by atoms with E-state index in [0.29, 0.717) is 5.57 Å². The molecule has 1 amide bonds. The summed E-state index contributed by atoms with van der Waals surface area (Å²) in [5, 5.41) is 14.2. The molecule has 2 aromatic carbocycles. The first-order chi connectivity index (χ1) is 10.3. The van der Waals surface area contributed by atoms with Gasteiger partial charge in [-0.25, -0.2) is 0 Å². The Morgan fingerprint density at radius 3 is 2.52 bits per heavy atom. The molecule has 1 N–H and O–H groups in total. The predicted molar refractivity (Wildman–Crippen MR) is 83.7 cm³/mol. The van der Waals surface area contributed by atoms with E-state index in [4.69, 9.17) is 0 Å². The summed E-state index contributed by atoms with van der Waals surface area (Å²) in [6.45, 7) is 0. The lowest BCUT2D eigenvalue weighted by Gasteiger charge is -2.09. The molecule has 1 saturated carbocycles. The zero-order chi connectivity index (χ0) is 14.7. The van der Waals surface area contributed by atoms with Gasteiger partial charge in [0.1, 0.15) is 11.6 Å². The number of nitriles is 1. The maximum absolute atomic E-state index is 12.4. The van der Waals surface area contributed by atoms with Gasteiger partial charge in [0.05, 0.1) is 0 Å². The molecule has 1 aliphatic carbocycles. The summed E-state index contributed by atoms with van der Waals surface area (Å²) in [6.07, 6.45) is 3.88. The van der Waals surface area contributed by atoms with E-state index in [2.05, 4.69) is 11.4 Å². The fraction of sp³-hybridized carbons (Fsp3) is 0.222. The first-order valence-corrected chi connectivity index (χ1v) is 7.21. The van der Waals surface area contributed by atoms with Crippen molar-refractivity contribution in [2.45, 2.75) is 25.7 Å². The highest BCUT2D eigenvalue weighted by Gasteiger charge is 2.19.